The van der Waals surface area contributed by atoms with E-state index in [4.69, 9.17) is 33.4 Å². The quantitative estimate of drug-likeness (QED) is 0.754. The van der Waals surface area contributed by atoms with Crippen LogP contribution >= 0.6 is 23.2 Å². The first-order valence-corrected chi connectivity index (χ1v) is 6.56. The van der Waals surface area contributed by atoms with Crippen molar-refractivity contribution < 1.29 is 15.0 Å². The van der Waals surface area contributed by atoms with Gasteiger partial charge in [-0.3, -0.25) is 0 Å². The lowest BCUT2D eigenvalue weighted by Gasteiger charge is -2.21. The Morgan fingerprint density at radius 3 is 2.47 bits per heavy atom. The van der Waals surface area contributed by atoms with Crippen molar-refractivity contribution in [3.63, 3.8) is 0 Å². The molecule has 3 N–H and O–H groups in total. The molecular weight excluding hydrogens is 291 g/mol. The number of aliphatic hydroxyl groups is 2. The maximum Gasteiger partial charge on any atom is 0.321 e. The van der Waals surface area contributed by atoms with Crippen LogP contribution in [-0.2, 0) is 0 Å². The SMILES string of the molecule is O=C(Nc1ccc(Cl)c(Cl)c1)N(CCO)CCCO. The fourth-order valence-electron chi connectivity index (χ4n) is 1.47. The van der Waals surface area contributed by atoms with Gasteiger partial charge in [0, 0.05) is 25.4 Å². The summed E-state index contributed by atoms with van der Waals surface area (Å²) in [6.07, 6.45) is 0.453. The van der Waals surface area contributed by atoms with Gasteiger partial charge in [0.25, 0.3) is 0 Å². The predicted molar refractivity (Wildman–Crippen MR) is 75.8 cm³/mol. The van der Waals surface area contributed by atoms with Gasteiger partial charge < -0.3 is 20.4 Å². The van der Waals surface area contributed by atoms with Crippen molar-refractivity contribution in [2.45, 2.75) is 6.42 Å². The molecule has 1 aromatic rings. The van der Waals surface area contributed by atoms with Crippen molar-refractivity contribution in [2.75, 3.05) is 31.6 Å². The molecule has 1 rings (SSSR count). The smallest absolute Gasteiger partial charge is 0.321 e. The van der Waals surface area contributed by atoms with E-state index in [2.05, 4.69) is 5.32 Å². The summed E-state index contributed by atoms with van der Waals surface area (Å²) in [6.45, 7) is 0.416. The van der Waals surface area contributed by atoms with Gasteiger partial charge in [-0.1, -0.05) is 23.2 Å². The second-order valence-electron chi connectivity index (χ2n) is 3.85. The standard InChI is InChI=1S/C12H16Cl2N2O3/c13-10-3-2-9(8-11(10)14)15-12(19)16(5-7-18)4-1-6-17/h2-3,8,17-18H,1,4-7H2,(H,15,19). The number of benzene rings is 1. The second-order valence-corrected chi connectivity index (χ2v) is 4.66. The van der Waals surface area contributed by atoms with Crippen LogP contribution in [0.15, 0.2) is 18.2 Å². The van der Waals surface area contributed by atoms with Crippen LogP contribution in [0.4, 0.5) is 10.5 Å². The van der Waals surface area contributed by atoms with E-state index in [0.29, 0.717) is 28.7 Å². The van der Waals surface area contributed by atoms with E-state index in [1.54, 1.807) is 18.2 Å². The van der Waals surface area contributed by atoms with Crippen LogP contribution < -0.4 is 5.32 Å². The molecule has 0 saturated heterocycles. The first kappa shape index (κ1) is 16.0. The van der Waals surface area contributed by atoms with Gasteiger partial charge in [-0.25, -0.2) is 4.79 Å². The summed E-state index contributed by atoms with van der Waals surface area (Å²) in [5.41, 5.74) is 0.520. The maximum atomic E-state index is 12.0. The fraction of sp³-hybridized carbons (Fsp3) is 0.417. The number of hydrogen-bond acceptors (Lipinski definition) is 3. The highest BCUT2D eigenvalue weighted by molar-refractivity contribution is 6.42. The average Bonchev–Trinajstić information content (AvgIpc) is 2.38. The summed E-state index contributed by atoms with van der Waals surface area (Å²) >= 11 is 11.6. The molecule has 1 aromatic carbocycles. The van der Waals surface area contributed by atoms with E-state index in [1.165, 1.54) is 4.90 Å². The van der Waals surface area contributed by atoms with Crippen LogP contribution in [-0.4, -0.2) is 47.4 Å². The van der Waals surface area contributed by atoms with Gasteiger partial charge in [-0.2, -0.15) is 0 Å². The summed E-state index contributed by atoms with van der Waals surface area (Å²) < 4.78 is 0. The Bertz CT molecular complexity index is 429. The van der Waals surface area contributed by atoms with Gasteiger partial charge in [0.2, 0.25) is 0 Å². The lowest BCUT2D eigenvalue weighted by molar-refractivity contribution is 0.180. The van der Waals surface area contributed by atoms with E-state index in [1.807, 2.05) is 0 Å². The molecule has 0 heterocycles. The first-order valence-electron chi connectivity index (χ1n) is 5.81. The van der Waals surface area contributed by atoms with E-state index in [0.717, 1.165) is 0 Å². The predicted octanol–water partition coefficient (Wildman–Crippen LogP) is 2.20. The number of urea groups is 1. The third-order valence-electron chi connectivity index (χ3n) is 2.41. The largest absolute Gasteiger partial charge is 0.396 e. The molecule has 106 valence electrons. The van der Waals surface area contributed by atoms with E-state index < -0.39 is 0 Å². The molecule has 0 saturated carbocycles. The monoisotopic (exact) mass is 306 g/mol. The number of nitrogens with zero attached hydrogens (tertiary/aromatic N) is 1. The van der Waals surface area contributed by atoms with Gasteiger partial charge in [-0.15, -0.1) is 0 Å². The zero-order chi connectivity index (χ0) is 14.3. The molecule has 0 unspecified atom stereocenters. The summed E-state index contributed by atoms with van der Waals surface area (Å²) in [5, 5.41) is 21.1. The van der Waals surface area contributed by atoms with Crippen molar-refractivity contribution in [1.82, 2.24) is 4.90 Å². The highest BCUT2D eigenvalue weighted by atomic mass is 35.5. The normalized spacial score (nSPS) is 10.3. The number of nitrogens with one attached hydrogen (secondary N) is 1. The van der Waals surface area contributed by atoms with E-state index >= 15 is 0 Å². The van der Waals surface area contributed by atoms with Crippen molar-refractivity contribution in [3.05, 3.63) is 28.2 Å². The lowest BCUT2D eigenvalue weighted by Crippen LogP contribution is -2.38. The van der Waals surface area contributed by atoms with Crippen molar-refractivity contribution in [3.8, 4) is 0 Å². The van der Waals surface area contributed by atoms with Crippen LogP contribution in [0, 0.1) is 0 Å². The van der Waals surface area contributed by atoms with Gasteiger partial charge in [0.15, 0.2) is 0 Å². The van der Waals surface area contributed by atoms with Gasteiger partial charge >= 0.3 is 6.03 Å². The molecule has 2 amide bonds. The minimum atomic E-state index is -0.360. The fourth-order valence-corrected chi connectivity index (χ4v) is 1.77. The molecule has 0 aromatic heterocycles. The Hall–Kier alpha value is -1.01. The second kappa shape index (κ2) is 8.22. The number of carbonyl (C=O) groups excluding carboxylic acids is 1. The summed E-state index contributed by atoms with van der Waals surface area (Å²) in [4.78, 5) is 13.4. The minimum Gasteiger partial charge on any atom is -0.396 e. The number of anilines is 1. The Kier molecular flexibility index (Phi) is 6.94. The van der Waals surface area contributed by atoms with Crippen LogP contribution in [0.1, 0.15) is 6.42 Å². The van der Waals surface area contributed by atoms with E-state index in [-0.39, 0.29) is 25.8 Å². The summed E-state index contributed by atoms with van der Waals surface area (Å²) in [6, 6.07) is 4.41. The molecule has 0 fully saturated rings. The Balaban J connectivity index is 2.66. The molecular formula is C12H16Cl2N2O3. The Morgan fingerprint density at radius 2 is 1.89 bits per heavy atom. The van der Waals surface area contributed by atoms with E-state index in [9.17, 15) is 4.79 Å². The van der Waals surface area contributed by atoms with Crippen LogP contribution in [0.3, 0.4) is 0 Å². The van der Waals surface area contributed by atoms with Crippen LogP contribution in [0.5, 0.6) is 0 Å². The topological polar surface area (TPSA) is 72.8 Å². The number of amides is 2. The average molecular weight is 307 g/mol. The number of hydrogen-bond donors (Lipinski definition) is 3. The molecule has 0 aliphatic rings. The minimum absolute atomic E-state index is 0.0119. The Morgan fingerprint density at radius 1 is 1.16 bits per heavy atom. The third kappa shape index (κ3) is 5.24. The van der Waals surface area contributed by atoms with Gasteiger partial charge in [0.05, 0.1) is 16.7 Å². The molecule has 5 nitrogen and oxygen atoms in total. The summed E-state index contributed by atoms with van der Waals surface area (Å²) in [7, 11) is 0. The molecule has 0 atom stereocenters. The van der Waals surface area contributed by atoms with Crippen molar-refractivity contribution >= 4 is 34.9 Å². The maximum absolute atomic E-state index is 12.0. The van der Waals surface area contributed by atoms with Crippen molar-refractivity contribution in [1.29, 1.82) is 0 Å². The number of halogens is 2. The number of carbonyl (C=O) groups is 1. The Labute approximate surface area is 121 Å². The summed E-state index contributed by atoms with van der Waals surface area (Å²) in [5.74, 6) is 0. The van der Waals surface area contributed by atoms with Crippen LogP contribution in [0.25, 0.3) is 0 Å². The molecule has 0 radical (unpaired) electrons. The highest BCUT2D eigenvalue weighted by Gasteiger charge is 2.13. The number of aliphatic hydroxyl groups excluding tert-OH is 2. The van der Waals surface area contributed by atoms with Gasteiger partial charge in [-0.05, 0) is 24.6 Å². The molecule has 19 heavy (non-hydrogen) atoms. The van der Waals surface area contributed by atoms with Gasteiger partial charge in [0.1, 0.15) is 0 Å². The zero-order valence-electron chi connectivity index (χ0n) is 10.3. The van der Waals surface area contributed by atoms with Crippen molar-refractivity contribution in [2.24, 2.45) is 0 Å². The zero-order valence-corrected chi connectivity index (χ0v) is 11.8. The lowest BCUT2D eigenvalue weighted by atomic mass is 10.3. The molecule has 0 aliphatic carbocycles. The van der Waals surface area contributed by atoms with Crippen LogP contribution in [0.2, 0.25) is 10.0 Å². The first-order chi connectivity index (χ1) is 9.08. The molecule has 0 spiro atoms. The third-order valence-corrected chi connectivity index (χ3v) is 3.15. The number of rotatable bonds is 6. The molecule has 0 aliphatic heterocycles. The highest BCUT2D eigenvalue weighted by Crippen LogP contribution is 2.25. The molecule has 7 heteroatoms. The molecule has 0 bridgehead atoms.